The highest BCUT2D eigenvalue weighted by Gasteiger charge is 2.15. The monoisotopic (exact) mass is 304 g/mol. The minimum atomic E-state index is -0.0361. The van der Waals surface area contributed by atoms with E-state index in [0.717, 1.165) is 11.9 Å². The molecular formula is C14H16N4O2S. The smallest absolute Gasteiger partial charge is 0.262 e. The van der Waals surface area contributed by atoms with Crippen molar-refractivity contribution >= 4 is 28.4 Å². The Hall–Kier alpha value is -1.86. The first-order chi connectivity index (χ1) is 10.3. The Balaban J connectivity index is 2.38. The van der Waals surface area contributed by atoms with Gasteiger partial charge in [0.05, 0.1) is 17.5 Å². The van der Waals surface area contributed by atoms with Crippen LogP contribution < -0.4 is 5.56 Å². The molecule has 0 aliphatic heterocycles. The molecule has 1 aromatic carbocycles. The second-order valence-electron chi connectivity index (χ2n) is 4.66. The van der Waals surface area contributed by atoms with Crippen LogP contribution in [0.15, 0.2) is 34.2 Å². The average Bonchev–Trinajstić information content (AvgIpc) is 2.93. The third-order valence-corrected chi connectivity index (χ3v) is 4.16. The van der Waals surface area contributed by atoms with Gasteiger partial charge in [-0.15, -0.1) is 10.2 Å². The van der Waals surface area contributed by atoms with Crippen LogP contribution in [0.1, 0.15) is 13.3 Å². The second-order valence-corrected chi connectivity index (χ2v) is 5.73. The van der Waals surface area contributed by atoms with E-state index in [-0.39, 0.29) is 12.2 Å². The van der Waals surface area contributed by atoms with E-state index in [2.05, 4.69) is 10.2 Å². The SMILES string of the molecule is CCCn1c(=O)c2ccccc2n2c(SCCO)nnc12. The summed E-state index contributed by atoms with van der Waals surface area (Å²) in [5.74, 6) is 1.10. The van der Waals surface area contributed by atoms with Crippen molar-refractivity contribution in [2.24, 2.45) is 0 Å². The number of aryl methyl sites for hydroxylation is 1. The lowest BCUT2D eigenvalue weighted by Gasteiger charge is -2.10. The molecule has 0 aliphatic carbocycles. The first-order valence-electron chi connectivity index (χ1n) is 6.88. The molecule has 0 unspecified atom stereocenters. The van der Waals surface area contributed by atoms with Crippen LogP contribution in [0.2, 0.25) is 0 Å². The van der Waals surface area contributed by atoms with Gasteiger partial charge in [0.25, 0.3) is 5.56 Å². The topological polar surface area (TPSA) is 72.4 Å². The molecule has 3 aromatic rings. The number of hydrogen-bond donors (Lipinski definition) is 1. The van der Waals surface area contributed by atoms with Crippen molar-refractivity contribution in [3.05, 3.63) is 34.6 Å². The third-order valence-electron chi connectivity index (χ3n) is 3.25. The molecule has 0 amide bonds. The summed E-state index contributed by atoms with van der Waals surface area (Å²) in [5, 5.41) is 18.7. The zero-order valence-corrected chi connectivity index (χ0v) is 12.5. The summed E-state index contributed by atoms with van der Waals surface area (Å²) in [6.45, 7) is 2.71. The maximum Gasteiger partial charge on any atom is 0.262 e. The number of nitrogens with zero attached hydrogens (tertiary/aromatic N) is 4. The average molecular weight is 304 g/mol. The number of fused-ring (bicyclic) bond motifs is 3. The van der Waals surface area contributed by atoms with Gasteiger partial charge in [0.1, 0.15) is 0 Å². The molecule has 6 nitrogen and oxygen atoms in total. The fourth-order valence-electron chi connectivity index (χ4n) is 2.39. The van der Waals surface area contributed by atoms with Gasteiger partial charge < -0.3 is 5.11 Å². The number of para-hydroxylation sites is 1. The first-order valence-corrected chi connectivity index (χ1v) is 7.86. The van der Waals surface area contributed by atoms with E-state index in [9.17, 15) is 4.79 Å². The minimum Gasteiger partial charge on any atom is -0.396 e. The van der Waals surface area contributed by atoms with E-state index in [4.69, 9.17) is 5.11 Å². The number of benzene rings is 1. The highest BCUT2D eigenvalue weighted by atomic mass is 32.2. The second kappa shape index (κ2) is 5.87. The van der Waals surface area contributed by atoms with E-state index in [1.807, 2.05) is 35.6 Å². The maximum absolute atomic E-state index is 12.6. The molecule has 0 aliphatic rings. The predicted octanol–water partition coefficient (Wildman–Crippen LogP) is 1.54. The Labute approximate surface area is 125 Å². The van der Waals surface area contributed by atoms with Crippen molar-refractivity contribution < 1.29 is 5.11 Å². The van der Waals surface area contributed by atoms with E-state index in [0.29, 0.717) is 28.6 Å². The summed E-state index contributed by atoms with van der Waals surface area (Å²) in [7, 11) is 0. The first kappa shape index (κ1) is 14.1. The Morgan fingerprint density at radius 3 is 2.86 bits per heavy atom. The summed E-state index contributed by atoms with van der Waals surface area (Å²) in [6.07, 6.45) is 0.847. The molecule has 0 radical (unpaired) electrons. The van der Waals surface area contributed by atoms with E-state index < -0.39 is 0 Å². The molecule has 0 bridgehead atoms. The highest BCUT2D eigenvalue weighted by Crippen LogP contribution is 2.21. The van der Waals surface area contributed by atoms with Crippen LogP contribution in [0.4, 0.5) is 0 Å². The van der Waals surface area contributed by atoms with E-state index in [1.165, 1.54) is 11.8 Å². The van der Waals surface area contributed by atoms with Gasteiger partial charge in [-0.3, -0.25) is 13.8 Å². The van der Waals surface area contributed by atoms with Crippen LogP contribution in [0.3, 0.4) is 0 Å². The standard InChI is InChI=1S/C14H16N4O2S/c1-2-7-17-12(20)10-5-3-4-6-11(10)18-13(17)15-16-14(18)21-9-8-19/h3-6,19H,2,7-9H2,1H3. The van der Waals surface area contributed by atoms with Crippen molar-refractivity contribution in [3.63, 3.8) is 0 Å². The number of thioether (sulfide) groups is 1. The fourth-order valence-corrected chi connectivity index (χ4v) is 3.07. The molecule has 110 valence electrons. The summed E-state index contributed by atoms with van der Waals surface area (Å²) in [6, 6.07) is 7.47. The van der Waals surface area contributed by atoms with E-state index >= 15 is 0 Å². The number of hydrogen-bond acceptors (Lipinski definition) is 5. The van der Waals surface area contributed by atoms with Crippen LogP contribution in [0, 0.1) is 0 Å². The summed E-state index contributed by atoms with van der Waals surface area (Å²) >= 11 is 1.43. The van der Waals surface area contributed by atoms with Gasteiger partial charge in [-0.05, 0) is 18.6 Å². The fraction of sp³-hybridized carbons (Fsp3) is 0.357. The lowest BCUT2D eigenvalue weighted by molar-refractivity contribution is 0.322. The maximum atomic E-state index is 12.6. The van der Waals surface area contributed by atoms with Crippen LogP contribution in [0.25, 0.3) is 16.7 Å². The van der Waals surface area contributed by atoms with Crippen molar-refractivity contribution in [2.45, 2.75) is 25.0 Å². The molecule has 7 heteroatoms. The molecular weight excluding hydrogens is 288 g/mol. The zero-order valence-electron chi connectivity index (χ0n) is 11.7. The van der Waals surface area contributed by atoms with Crippen molar-refractivity contribution in [1.82, 2.24) is 19.2 Å². The molecule has 2 heterocycles. The lowest BCUT2D eigenvalue weighted by Crippen LogP contribution is -2.23. The van der Waals surface area contributed by atoms with Gasteiger partial charge in [0, 0.05) is 12.3 Å². The lowest BCUT2D eigenvalue weighted by atomic mass is 10.2. The van der Waals surface area contributed by atoms with Gasteiger partial charge in [0.2, 0.25) is 5.78 Å². The number of aromatic nitrogens is 4. The molecule has 0 fully saturated rings. The Kier molecular flexibility index (Phi) is 3.94. The Morgan fingerprint density at radius 2 is 2.10 bits per heavy atom. The summed E-state index contributed by atoms with van der Waals surface area (Å²) in [5.41, 5.74) is 0.765. The molecule has 0 spiro atoms. The van der Waals surface area contributed by atoms with Gasteiger partial charge in [-0.1, -0.05) is 30.8 Å². The quantitative estimate of drug-likeness (QED) is 0.724. The summed E-state index contributed by atoms with van der Waals surface area (Å²) < 4.78 is 3.56. The zero-order chi connectivity index (χ0) is 14.8. The van der Waals surface area contributed by atoms with Gasteiger partial charge in [-0.25, -0.2) is 0 Å². The van der Waals surface area contributed by atoms with Crippen LogP contribution >= 0.6 is 11.8 Å². The van der Waals surface area contributed by atoms with Crippen molar-refractivity contribution in [2.75, 3.05) is 12.4 Å². The molecule has 0 atom stereocenters. The predicted molar refractivity (Wildman–Crippen MR) is 82.9 cm³/mol. The van der Waals surface area contributed by atoms with Gasteiger partial charge >= 0.3 is 0 Å². The third kappa shape index (κ3) is 2.32. The minimum absolute atomic E-state index is 0.0361. The van der Waals surface area contributed by atoms with Crippen LogP contribution in [-0.2, 0) is 6.54 Å². The van der Waals surface area contributed by atoms with Crippen LogP contribution in [-0.4, -0.2) is 36.6 Å². The Morgan fingerprint density at radius 1 is 1.29 bits per heavy atom. The Bertz CT molecular complexity index is 840. The molecule has 0 saturated carbocycles. The van der Waals surface area contributed by atoms with Gasteiger partial charge in [0.15, 0.2) is 5.16 Å². The largest absolute Gasteiger partial charge is 0.396 e. The number of aliphatic hydroxyl groups is 1. The highest BCUT2D eigenvalue weighted by molar-refractivity contribution is 7.99. The number of aliphatic hydroxyl groups excluding tert-OH is 1. The molecule has 3 rings (SSSR count). The number of rotatable bonds is 5. The molecule has 21 heavy (non-hydrogen) atoms. The van der Waals surface area contributed by atoms with Gasteiger partial charge in [-0.2, -0.15) is 0 Å². The van der Waals surface area contributed by atoms with Crippen molar-refractivity contribution in [3.8, 4) is 0 Å². The normalized spacial score (nSPS) is 11.5. The molecule has 1 N–H and O–H groups in total. The molecule has 2 aromatic heterocycles. The van der Waals surface area contributed by atoms with E-state index in [1.54, 1.807) is 4.57 Å². The van der Waals surface area contributed by atoms with Crippen molar-refractivity contribution in [1.29, 1.82) is 0 Å². The summed E-state index contributed by atoms with van der Waals surface area (Å²) in [4.78, 5) is 12.6. The van der Waals surface area contributed by atoms with Crippen LogP contribution in [0.5, 0.6) is 0 Å². The molecule has 0 saturated heterocycles.